The van der Waals surface area contributed by atoms with E-state index in [0.29, 0.717) is 6.54 Å². The Labute approximate surface area is 165 Å². The van der Waals surface area contributed by atoms with Crippen LogP contribution in [0, 0.1) is 5.82 Å². The number of ether oxygens (including phenoxy) is 1. The van der Waals surface area contributed by atoms with Crippen LogP contribution >= 0.6 is 7.75 Å². The van der Waals surface area contributed by atoms with Gasteiger partial charge in [0.1, 0.15) is 18.4 Å². The quantitative estimate of drug-likeness (QED) is 0.703. The van der Waals surface area contributed by atoms with Gasteiger partial charge in [0.2, 0.25) is 5.82 Å². The molecule has 2 aromatic rings. The van der Waals surface area contributed by atoms with Gasteiger partial charge in [-0.1, -0.05) is 31.2 Å². The molecule has 0 bridgehead atoms. The van der Waals surface area contributed by atoms with Crippen LogP contribution in [0.15, 0.2) is 40.1 Å². The van der Waals surface area contributed by atoms with Crippen LogP contribution in [-0.2, 0) is 31.3 Å². The fourth-order valence-electron chi connectivity index (χ4n) is 3.35. The zero-order valence-corrected chi connectivity index (χ0v) is 16.6. The van der Waals surface area contributed by atoms with E-state index in [1.54, 1.807) is 0 Å². The van der Waals surface area contributed by atoms with E-state index in [-0.39, 0.29) is 13.0 Å². The Morgan fingerprint density at radius 1 is 1.24 bits per heavy atom. The van der Waals surface area contributed by atoms with Crippen molar-refractivity contribution in [2.24, 2.45) is 0 Å². The lowest BCUT2D eigenvalue weighted by molar-refractivity contribution is -0.0604. The number of rotatable bonds is 5. The van der Waals surface area contributed by atoms with Crippen LogP contribution in [0.1, 0.15) is 30.7 Å². The molecule has 2 saturated heterocycles. The van der Waals surface area contributed by atoms with Gasteiger partial charge in [0.05, 0.1) is 12.8 Å². The molecular formula is C18H21FN3O6P. The van der Waals surface area contributed by atoms with Gasteiger partial charge in [-0.25, -0.2) is 14.4 Å². The summed E-state index contributed by atoms with van der Waals surface area (Å²) in [6.07, 6.45) is -0.130. The summed E-state index contributed by atoms with van der Waals surface area (Å²) in [5, 5.41) is 2.83. The number of halogens is 1. The van der Waals surface area contributed by atoms with Crippen molar-refractivity contribution >= 4 is 7.75 Å². The first-order chi connectivity index (χ1) is 13.9. The summed E-state index contributed by atoms with van der Waals surface area (Å²) >= 11 is 0. The molecule has 9 nitrogen and oxygen atoms in total. The molecular weight excluding hydrogens is 404 g/mol. The summed E-state index contributed by atoms with van der Waals surface area (Å²) in [5.74, 6) is -1.10. The number of hydrogen-bond acceptors (Lipinski definition) is 6. The third-order valence-corrected chi connectivity index (χ3v) is 6.59. The highest BCUT2D eigenvalue weighted by Gasteiger charge is 2.47. The molecule has 0 radical (unpaired) electrons. The fraction of sp³-hybridized carbons (Fsp3) is 0.444. The van der Waals surface area contributed by atoms with Crippen molar-refractivity contribution in [2.45, 2.75) is 44.7 Å². The predicted octanol–water partition coefficient (Wildman–Crippen LogP) is 1.84. The van der Waals surface area contributed by atoms with E-state index >= 15 is 0 Å². The predicted molar refractivity (Wildman–Crippen MR) is 101 cm³/mol. The molecule has 0 amide bonds. The summed E-state index contributed by atoms with van der Waals surface area (Å²) in [4.78, 5) is 25.0. The van der Waals surface area contributed by atoms with E-state index in [1.807, 2.05) is 29.2 Å². The number of aromatic amines is 1. The molecule has 0 spiro atoms. The fourth-order valence-corrected chi connectivity index (χ4v) is 4.88. The lowest BCUT2D eigenvalue weighted by Gasteiger charge is -2.30. The van der Waals surface area contributed by atoms with Crippen molar-refractivity contribution in [3.05, 3.63) is 68.2 Å². The van der Waals surface area contributed by atoms with Crippen LogP contribution in [0.5, 0.6) is 0 Å². The molecule has 0 saturated carbocycles. The summed E-state index contributed by atoms with van der Waals surface area (Å²) in [7, 11) is -3.56. The Balaban J connectivity index is 1.42. The van der Waals surface area contributed by atoms with Gasteiger partial charge >= 0.3 is 13.4 Å². The first kappa shape index (κ1) is 20.2. The molecule has 3 heterocycles. The van der Waals surface area contributed by atoms with E-state index in [1.165, 1.54) is 5.56 Å². The Bertz CT molecular complexity index is 1050. The van der Waals surface area contributed by atoms with Crippen LogP contribution in [0.4, 0.5) is 4.39 Å². The smallest absolute Gasteiger partial charge is 0.349 e. The zero-order valence-electron chi connectivity index (χ0n) is 15.7. The van der Waals surface area contributed by atoms with Gasteiger partial charge in [-0.15, -0.1) is 0 Å². The van der Waals surface area contributed by atoms with Crippen molar-refractivity contribution in [3.63, 3.8) is 0 Å². The molecule has 4 atom stereocenters. The molecule has 2 aliphatic rings. The van der Waals surface area contributed by atoms with E-state index in [9.17, 15) is 18.5 Å². The molecule has 156 valence electrons. The lowest BCUT2D eigenvalue weighted by atomic mass is 10.1. The van der Waals surface area contributed by atoms with Gasteiger partial charge in [0.25, 0.3) is 5.56 Å². The maximum atomic E-state index is 13.5. The minimum atomic E-state index is -3.56. The van der Waals surface area contributed by atoms with E-state index in [0.717, 1.165) is 22.7 Å². The van der Waals surface area contributed by atoms with Crippen molar-refractivity contribution in [3.8, 4) is 0 Å². The Morgan fingerprint density at radius 2 is 1.97 bits per heavy atom. The molecule has 11 heteroatoms. The highest BCUT2D eigenvalue weighted by Crippen LogP contribution is 2.52. The highest BCUT2D eigenvalue weighted by atomic mass is 31.2. The number of nitrogens with one attached hydrogen (secondary N) is 2. The Morgan fingerprint density at radius 3 is 2.69 bits per heavy atom. The van der Waals surface area contributed by atoms with Crippen LogP contribution in [0.2, 0.25) is 0 Å². The standard InChI is InChI=1S/C18H21FN3O6P/c1-2-11-3-5-12(6-4-11)8-20-29(25)26-10-15-14(28-29)7-16(27-15)22-9-13(19)17(23)21-18(22)24/h3-6,9,14-16H,2,7-8,10H2,1H3,(H,20,25)(H,21,23,24)/t14-,15+,16+,29-/m0/s1. The number of nitrogens with zero attached hydrogens (tertiary/aromatic N) is 1. The highest BCUT2D eigenvalue weighted by molar-refractivity contribution is 7.51. The Kier molecular flexibility index (Phi) is 5.54. The molecule has 0 unspecified atom stereocenters. The summed E-state index contributed by atoms with van der Waals surface area (Å²) in [6, 6.07) is 7.89. The molecule has 2 aliphatic heterocycles. The second-order valence-electron chi connectivity index (χ2n) is 6.95. The minimum absolute atomic E-state index is 0.000797. The van der Waals surface area contributed by atoms with Gasteiger partial charge < -0.3 is 4.74 Å². The largest absolute Gasteiger partial charge is 0.406 e. The van der Waals surface area contributed by atoms with Gasteiger partial charge in [-0.3, -0.25) is 23.4 Å². The molecule has 2 fully saturated rings. The van der Waals surface area contributed by atoms with Gasteiger partial charge in [-0.2, -0.15) is 4.39 Å². The molecule has 4 rings (SSSR count). The molecule has 1 aromatic carbocycles. The molecule has 2 N–H and O–H groups in total. The summed E-state index contributed by atoms with van der Waals surface area (Å²) < 4.78 is 44.1. The third kappa shape index (κ3) is 4.26. The number of H-pyrrole nitrogens is 1. The van der Waals surface area contributed by atoms with Gasteiger partial charge in [0.15, 0.2) is 0 Å². The first-order valence-corrected chi connectivity index (χ1v) is 10.8. The monoisotopic (exact) mass is 425 g/mol. The molecule has 29 heavy (non-hydrogen) atoms. The Hall–Kier alpha value is -2.10. The average molecular weight is 425 g/mol. The second-order valence-corrected chi connectivity index (χ2v) is 8.73. The lowest BCUT2D eigenvalue weighted by Crippen LogP contribution is -2.36. The summed E-state index contributed by atoms with van der Waals surface area (Å²) in [5.41, 5.74) is 0.249. The van der Waals surface area contributed by atoms with Crippen molar-refractivity contribution in [2.75, 3.05) is 6.61 Å². The van der Waals surface area contributed by atoms with Gasteiger partial charge in [-0.05, 0) is 17.5 Å². The molecule has 1 aromatic heterocycles. The normalized spacial score (nSPS) is 29.0. The van der Waals surface area contributed by atoms with E-state index in [2.05, 4.69) is 12.0 Å². The van der Waals surface area contributed by atoms with Crippen molar-refractivity contribution in [1.82, 2.24) is 14.6 Å². The number of aryl methyl sites for hydroxylation is 1. The van der Waals surface area contributed by atoms with Crippen LogP contribution in [0.3, 0.4) is 0 Å². The van der Waals surface area contributed by atoms with Crippen LogP contribution in [0.25, 0.3) is 0 Å². The summed E-state index contributed by atoms with van der Waals surface area (Å²) in [6.45, 7) is 2.37. The van der Waals surface area contributed by atoms with Crippen molar-refractivity contribution in [1.29, 1.82) is 0 Å². The van der Waals surface area contributed by atoms with E-state index < -0.39 is 43.2 Å². The maximum Gasteiger partial charge on any atom is 0.406 e. The second kappa shape index (κ2) is 7.97. The van der Waals surface area contributed by atoms with Crippen molar-refractivity contribution < 1.29 is 22.7 Å². The van der Waals surface area contributed by atoms with E-state index in [4.69, 9.17) is 13.8 Å². The first-order valence-electron chi connectivity index (χ1n) is 9.29. The topological polar surface area (TPSA) is 112 Å². The molecule has 0 aliphatic carbocycles. The van der Waals surface area contributed by atoms with Crippen LogP contribution < -0.4 is 16.3 Å². The SMILES string of the molecule is CCc1ccc(CN[P@]2(=O)OC[C@H]3O[C@@H](n4cc(F)c(=O)[nH]c4=O)C[C@@H]3O2)cc1. The third-order valence-electron chi connectivity index (χ3n) is 5.01. The maximum absolute atomic E-state index is 13.5. The average Bonchev–Trinajstić information content (AvgIpc) is 3.12. The van der Waals surface area contributed by atoms with Crippen LogP contribution in [-0.4, -0.2) is 28.4 Å². The number of benzene rings is 1. The van der Waals surface area contributed by atoms with Gasteiger partial charge in [0, 0.05) is 13.0 Å². The zero-order chi connectivity index (χ0) is 20.6. The number of hydrogen-bond donors (Lipinski definition) is 2. The number of aromatic nitrogens is 2. The minimum Gasteiger partial charge on any atom is -0.349 e. The number of fused-ring (bicyclic) bond motifs is 1.